The number of benzene rings is 1. The van der Waals surface area contributed by atoms with Crippen LogP contribution < -0.4 is 5.32 Å². The van der Waals surface area contributed by atoms with Crippen molar-refractivity contribution in [2.75, 3.05) is 11.1 Å². The first kappa shape index (κ1) is 16.5. The van der Waals surface area contributed by atoms with Gasteiger partial charge in [-0.2, -0.15) is 0 Å². The number of hydrogen-bond donors (Lipinski definition) is 2. The summed E-state index contributed by atoms with van der Waals surface area (Å²) in [4.78, 5) is 24.0. The Morgan fingerprint density at radius 3 is 2.88 bits per heavy atom. The van der Waals surface area contributed by atoms with E-state index in [2.05, 4.69) is 30.5 Å². The Bertz CT molecular complexity index is 1090. The molecule has 2 N–H and O–H groups in total. The quantitative estimate of drug-likeness (QED) is 0.527. The Balaban J connectivity index is 1.38. The van der Waals surface area contributed by atoms with Gasteiger partial charge in [-0.3, -0.25) is 4.79 Å². The number of thioether (sulfide) groups is 1. The van der Waals surface area contributed by atoms with E-state index in [0.717, 1.165) is 22.1 Å². The van der Waals surface area contributed by atoms with Gasteiger partial charge in [0.1, 0.15) is 11.3 Å². The molecule has 130 valence electrons. The molecule has 0 aliphatic carbocycles. The maximum Gasteiger partial charge on any atom is 0.226 e. The number of hydrogen-bond acceptors (Lipinski definition) is 6. The highest BCUT2D eigenvalue weighted by atomic mass is 32.2. The third-order valence-corrected chi connectivity index (χ3v) is 4.66. The van der Waals surface area contributed by atoms with Gasteiger partial charge in [0.05, 0.1) is 0 Å². The van der Waals surface area contributed by atoms with Crippen molar-refractivity contribution >= 4 is 45.6 Å². The second-order valence-corrected chi connectivity index (χ2v) is 6.84. The zero-order valence-electron chi connectivity index (χ0n) is 14.1. The highest BCUT2D eigenvalue weighted by Gasteiger charge is 2.10. The van der Waals surface area contributed by atoms with Gasteiger partial charge in [-0.1, -0.05) is 36.0 Å². The summed E-state index contributed by atoms with van der Waals surface area (Å²) in [6, 6.07) is 13.4. The molecule has 8 heteroatoms. The number of aromatic amines is 1. The Morgan fingerprint density at radius 2 is 2.00 bits per heavy atom. The van der Waals surface area contributed by atoms with Crippen molar-refractivity contribution in [2.24, 2.45) is 0 Å². The molecule has 0 saturated heterocycles. The molecule has 1 amide bonds. The number of aryl methyl sites for hydroxylation is 1. The molecule has 0 radical (unpaired) electrons. The van der Waals surface area contributed by atoms with Crippen LogP contribution >= 0.6 is 11.8 Å². The van der Waals surface area contributed by atoms with Crippen molar-refractivity contribution in [1.82, 2.24) is 25.1 Å². The SMILES string of the molecule is Cc1cccc(NC(=O)CCSc2nnc3c(n2)[nH]c2ccccc23)n1. The third kappa shape index (κ3) is 3.50. The first-order valence-electron chi connectivity index (χ1n) is 8.16. The Labute approximate surface area is 153 Å². The molecule has 0 aliphatic heterocycles. The monoisotopic (exact) mass is 364 g/mol. The number of nitrogens with one attached hydrogen (secondary N) is 2. The van der Waals surface area contributed by atoms with Gasteiger partial charge in [-0.25, -0.2) is 9.97 Å². The van der Waals surface area contributed by atoms with Crippen molar-refractivity contribution < 1.29 is 4.79 Å². The topological polar surface area (TPSA) is 96.5 Å². The van der Waals surface area contributed by atoms with E-state index in [1.807, 2.05) is 43.3 Å². The van der Waals surface area contributed by atoms with Crippen LogP contribution in [0.15, 0.2) is 47.6 Å². The van der Waals surface area contributed by atoms with Gasteiger partial charge in [-0.05, 0) is 25.1 Å². The number of nitrogens with zero attached hydrogens (tertiary/aromatic N) is 4. The van der Waals surface area contributed by atoms with Crippen molar-refractivity contribution in [3.8, 4) is 0 Å². The minimum absolute atomic E-state index is 0.0877. The van der Waals surface area contributed by atoms with E-state index in [1.165, 1.54) is 11.8 Å². The first-order valence-corrected chi connectivity index (χ1v) is 9.15. The van der Waals surface area contributed by atoms with Crippen molar-refractivity contribution in [3.05, 3.63) is 48.2 Å². The van der Waals surface area contributed by atoms with E-state index in [0.29, 0.717) is 28.8 Å². The second kappa shape index (κ2) is 7.09. The number of carbonyl (C=O) groups is 1. The van der Waals surface area contributed by atoms with Crippen LogP contribution in [0.3, 0.4) is 0 Å². The van der Waals surface area contributed by atoms with E-state index in [-0.39, 0.29) is 5.91 Å². The zero-order valence-corrected chi connectivity index (χ0v) is 14.9. The fourth-order valence-electron chi connectivity index (χ4n) is 2.62. The van der Waals surface area contributed by atoms with Gasteiger partial charge in [0, 0.05) is 28.8 Å². The molecule has 3 aromatic heterocycles. The molecular formula is C18H16N6OS. The van der Waals surface area contributed by atoms with Gasteiger partial charge >= 0.3 is 0 Å². The fourth-order valence-corrected chi connectivity index (χ4v) is 3.34. The van der Waals surface area contributed by atoms with Crippen LogP contribution in [0.2, 0.25) is 0 Å². The average molecular weight is 364 g/mol. The number of carbonyl (C=O) groups excluding carboxylic acids is 1. The van der Waals surface area contributed by atoms with Crippen LogP contribution in [-0.4, -0.2) is 36.8 Å². The molecule has 0 saturated carbocycles. The minimum atomic E-state index is -0.0877. The second-order valence-electron chi connectivity index (χ2n) is 5.77. The first-order chi connectivity index (χ1) is 12.7. The number of amides is 1. The molecule has 0 aliphatic rings. The number of aromatic nitrogens is 5. The lowest BCUT2D eigenvalue weighted by molar-refractivity contribution is -0.115. The lowest BCUT2D eigenvalue weighted by Gasteiger charge is -2.04. The third-order valence-electron chi connectivity index (χ3n) is 3.82. The van der Waals surface area contributed by atoms with Crippen LogP contribution in [0.5, 0.6) is 0 Å². The van der Waals surface area contributed by atoms with Gasteiger partial charge in [0.2, 0.25) is 11.1 Å². The normalized spacial score (nSPS) is 11.1. The number of H-pyrrole nitrogens is 1. The summed E-state index contributed by atoms with van der Waals surface area (Å²) in [6.45, 7) is 1.88. The molecular weight excluding hydrogens is 348 g/mol. The summed E-state index contributed by atoms with van der Waals surface area (Å²) in [5.41, 5.74) is 3.31. The van der Waals surface area contributed by atoms with Crippen LogP contribution in [-0.2, 0) is 4.79 Å². The molecule has 7 nitrogen and oxygen atoms in total. The van der Waals surface area contributed by atoms with Gasteiger partial charge in [0.25, 0.3) is 0 Å². The molecule has 4 aromatic rings. The smallest absolute Gasteiger partial charge is 0.226 e. The van der Waals surface area contributed by atoms with Crippen molar-refractivity contribution in [1.29, 1.82) is 0 Å². The molecule has 0 fully saturated rings. The maximum atomic E-state index is 12.0. The largest absolute Gasteiger partial charge is 0.338 e. The summed E-state index contributed by atoms with van der Waals surface area (Å²) in [6.07, 6.45) is 0.342. The van der Waals surface area contributed by atoms with Crippen LogP contribution in [0, 0.1) is 6.92 Å². The van der Waals surface area contributed by atoms with Crippen LogP contribution in [0.1, 0.15) is 12.1 Å². The number of pyridine rings is 1. The summed E-state index contributed by atoms with van der Waals surface area (Å²) >= 11 is 1.40. The average Bonchev–Trinajstić information content (AvgIpc) is 2.99. The summed E-state index contributed by atoms with van der Waals surface area (Å²) in [7, 11) is 0. The van der Waals surface area contributed by atoms with E-state index in [9.17, 15) is 4.79 Å². The number of rotatable bonds is 5. The minimum Gasteiger partial charge on any atom is -0.338 e. The Hall–Kier alpha value is -3.00. The molecule has 1 aromatic carbocycles. The predicted octanol–water partition coefficient (Wildman–Crippen LogP) is 3.33. The standard InChI is InChI=1S/C18H16N6OS/c1-11-5-4-8-14(19-11)21-15(25)9-10-26-18-22-17-16(23-24-18)12-6-2-3-7-13(12)20-17/h2-8H,9-10H2,1H3,(H,19,21,25)(H,20,22,24). The lowest BCUT2D eigenvalue weighted by atomic mass is 10.2. The van der Waals surface area contributed by atoms with Crippen molar-refractivity contribution in [2.45, 2.75) is 18.5 Å². The van der Waals surface area contributed by atoms with Crippen LogP contribution in [0.25, 0.3) is 22.1 Å². The molecule has 0 spiro atoms. The Kier molecular flexibility index (Phi) is 4.49. The van der Waals surface area contributed by atoms with Crippen molar-refractivity contribution in [3.63, 3.8) is 0 Å². The van der Waals surface area contributed by atoms with E-state index >= 15 is 0 Å². The van der Waals surface area contributed by atoms with Gasteiger partial charge in [-0.15, -0.1) is 10.2 Å². The summed E-state index contributed by atoms with van der Waals surface area (Å²) in [5, 5.41) is 12.8. The summed E-state index contributed by atoms with van der Waals surface area (Å²) < 4.78 is 0. The predicted molar refractivity (Wildman–Crippen MR) is 102 cm³/mol. The number of fused-ring (bicyclic) bond motifs is 3. The zero-order chi connectivity index (χ0) is 17.9. The van der Waals surface area contributed by atoms with Crippen LogP contribution in [0.4, 0.5) is 5.82 Å². The van der Waals surface area contributed by atoms with Gasteiger partial charge in [0.15, 0.2) is 5.65 Å². The van der Waals surface area contributed by atoms with Gasteiger partial charge < -0.3 is 10.3 Å². The molecule has 0 bridgehead atoms. The molecule has 3 heterocycles. The fraction of sp³-hybridized carbons (Fsp3) is 0.167. The highest BCUT2D eigenvalue weighted by Crippen LogP contribution is 2.23. The van der Waals surface area contributed by atoms with E-state index in [1.54, 1.807) is 6.07 Å². The molecule has 26 heavy (non-hydrogen) atoms. The maximum absolute atomic E-state index is 12.0. The van der Waals surface area contributed by atoms with E-state index in [4.69, 9.17) is 0 Å². The Morgan fingerprint density at radius 1 is 1.12 bits per heavy atom. The highest BCUT2D eigenvalue weighted by molar-refractivity contribution is 7.99. The number of para-hydroxylation sites is 1. The van der Waals surface area contributed by atoms with E-state index < -0.39 is 0 Å². The lowest BCUT2D eigenvalue weighted by Crippen LogP contribution is -2.13. The molecule has 4 rings (SSSR count). The summed E-state index contributed by atoms with van der Waals surface area (Å²) in [5.74, 6) is 1.04. The molecule has 0 atom stereocenters. The molecule has 0 unspecified atom stereocenters. The number of anilines is 1.